The maximum absolute atomic E-state index is 14.4. The minimum absolute atomic E-state index is 0.137. The number of carbonyl (C=O) groups is 1. The van der Waals surface area contributed by atoms with Gasteiger partial charge in [-0.05, 0) is 61.2 Å². The zero-order chi connectivity index (χ0) is 26.3. The van der Waals surface area contributed by atoms with Gasteiger partial charge >= 0.3 is 5.97 Å². The van der Waals surface area contributed by atoms with Crippen molar-refractivity contribution >= 4 is 5.97 Å². The van der Waals surface area contributed by atoms with E-state index in [-0.39, 0.29) is 5.56 Å². The predicted molar refractivity (Wildman–Crippen MR) is 146 cm³/mol. The van der Waals surface area contributed by atoms with Crippen molar-refractivity contribution in [2.75, 3.05) is 6.61 Å². The van der Waals surface area contributed by atoms with Crippen molar-refractivity contribution in [3.8, 4) is 22.9 Å². The van der Waals surface area contributed by atoms with Crippen molar-refractivity contribution in [3.63, 3.8) is 0 Å². The van der Waals surface area contributed by atoms with Gasteiger partial charge < -0.3 is 9.47 Å². The SMILES string of the molecule is CCCCCCCCCCc1cnc(-c2ccc(OC(=O)c3ccc(OCCCC)cc3F)cc2)nc1. The molecule has 0 atom stereocenters. The number of nitrogens with zero attached hydrogens (tertiary/aromatic N) is 2. The number of esters is 1. The molecule has 0 saturated heterocycles. The average Bonchev–Trinajstić information content (AvgIpc) is 2.91. The average molecular weight is 507 g/mol. The Morgan fingerprint density at radius 3 is 2.05 bits per heavy atom. The van der Waals surface area contributed by atoms with E-state index in [0.717, 1.165) is 36.8 Å². The molecule has 0 bridgehead atoms. The van der Waals surface area contributed by atoms with Crippen molar-refractivity contribution < 1.29 is 18.7 Å². The molecule has 6 heteroatoms. The monoisotopic (exact) mass is 506 g/mol. The Morgan fingerprint density at radius 2 is 1.41 bits per heavy atom. The number of ether oxygens (including phenoxy) is 2. The number of hydrogen-bond acceptors (Lipinski definition) is 5. The second kappa shape index (κ2) is 15.7. The summed E-state index contributed by atoms with van der Waals surface area (Å²) in [6.45, 7) is 4.81. The van der Waals surface area contributed by atoms with Gasteiger partial charge in [0.05, 0.1) is 12.2 Å². The fourth-order valence-electron chi connectivity index (χ4n) is 4.02. The molecular formula is C31H39FN2O3. The van der Waals surface area contributed by atoms with Gasteiger partial charge in [0.25, 0.3) is 0 Å². The van der Waals surface area contributed by atoms with Gasteiger partial charge in [0.1, 0.15) is 17.3 Å². The fourth-order valence-corrected chi connectivity index (χ4v) is 4.02. The highest BCUT2D eigenvalue weighted by atomic mass is 19.1. The molecule has 1 heterocycles. The highest BCUT2D eigenvalue weighted by Gasteiger charge is 2.15. The van der Waals surface area contributed by atoms with E-state index in [9.17, 15) is 9.18 Å². The van der Waals surface area contributed by atoms with Crippen LogP contribution in [0.15, 0.2) is 54.9 Å². The molecule has 0 aliphatic rings. The Hall–Kier alpha value is -3.28. The standard InChI is InChI=1S/C31H39FN2O3/c1-3-5-7-8-9-10-11-12-13-24-22-33-30(34-23-24)25-14-16-26(17-15-25)37-31(35)28-19-18-27(21-29(28)32)36-20-6-4-2/h14-19,21-23H,3-13,20H2,1-2H3. The summed E-state index contributed by atoms with van der Waals surface area (Å²) in [4.78, 5) is 21.5. The van der Waals surface area contributed by atoms with Crippen molar-refractivity contribution in [2.45, 2.75) is 84.5 Å². The van der Waals surface area contributed by atoms with E-state index in [1.165, 1.54) is 57.1 Å². The Balaban J connectivity index is 1.46. The van der Waals surface area contributed by atoms with Crippen LogP contribution in [0.5, 0.6) is 11.5 Å². The molecule has 198 valence electrons. The lowest BCUT2D eigenvalue weighted by atomic mass is 10.1. The lowest BCUT2D eigenvalue weighted by Gasteiger charge is -2.09. The van der Waals surface area contributed by atoms with Crippen LogP contribution in [0.25, 0.3) is 11.4 Å². The van der Waals surface area contributed by atoms with Gasteiger partial charge in [0, 0.05) is 24.0 Å². The summed E-state index contributed by atoms with van der Waals surface area (Å²) >= 11 is 0. The van der Waals surface area contributed by atoms with Crippen molar-refractivity contribution in [3.05, 3.63) is 71.8 Å². The summed E-state index contributed by atoms with van der Waals surface area (Å²) in [6, 6.07) is 11.1. The minimum atomic E-state index is -0.757. The number of aromatic nitrogens is 2. The predicted octanol–water partition coefficient (Wildman–Crippen LogP) is 8.36. The van der Waals surface area contributed by atoms with Crippen LogP contribution < -0.4 is 9.47 Å². The minimum Gasteiger partial charge on any atom is -0.493 e. The van der Waals surface area contributed by atoms with Gasteiger partial charge in [-0.15, -0.1) is 0 Å². The molecule has 0 fully saturated rings. The maximum Gasteiger partial charge on any atom is 0.346 e. The normalized spacial score (nSPS) is 10.9. The zero-order valence-electron chi connectivity index (χ0n) is 22.2. The van der Waals surface area contributed by atoms with Crippen LogP contribution in [0, 0.1) is 5.82 Å². The van der Waals surface area contributed by atoms with Gasteiger partial charge in [-0.25, -0.2) is 19.2 Å². The Bertz CT molecular complexity index is 1080. The summed E-state index contributed by atoms with van der Waals surface area (Å²) in [5.41, 5.74) is 1.82. The van der Waals surface area contributed by atoms with Gasteiger partial charge in [0.2, 0.25) is 0 Å². The lowest BCUT2D eigenvalue weighted by Crippen LogP contribution is -2.11. The largest absolute Gasteiger partial charge is 0.493 e. The molecule has 0 aliphatic heterocycles. The van der Waals surface area contributed by atoms with Gasteiger partial charge in [-0.1, -0.05) is 65.2 Å². The van der Waals surface area contributed by atoms with E-state index in [4.69, 9.17) is 9.47 Å². The number of rotatable bonds is 16. The number of aryl methyl sites for hydroxylation is 1. The van der Waals surface area contributed by atoms with Crippen LogP contribution >= 0.6 is 0 Å². The van der Waals surface area contributed by atoms with Gasteiger partial charge in [0.15, 0.2) is 5.82 Å². The Kier molecular flexibility index (Phi) is 12.0. The van der Waals surface area contributed by atoms with Crippen molar-refractivity contribution in [1.29, 1.82) is 0 Å². The van der Waals surface area contributed by atoms with Crippen LogP contribution in [-0.2, 0) is 6.42 Å². The van der Waals surface area contributed by atoms with Gasteiger partial charge in [-0.3, -0.25) is 0 Å². The van der Waals surface area contributed by atoms with Crippen LogP contribution in [-0.4, -0.2) is 22.5 Å². The third-order valence-corrected chi connectivity index (χ3v) is 6.27. The molecule has 5 nitrogen and oxygen atoms in total. The number of halogens is 1. The molecule has 0 aliphatic carbocycles. The molecule has 1 aromatic heterocycles. The lowest BCUT2D eigenvalue weighted by molar-refractivity contribution is 0.0730. The summed E-state index contributed by atoms with van der Waals surface area (Å²) in [7, 11) is 0. The molecular weight excluding hydrogens is 467 g/mol. The smallest absolute Gasteiger partial charge is 0.346 e. The molecule has 3 aromatic rings. The highest BCUT2D eigenvalue weighted by Crippen LogP contribution is 2.22. The first-order chi connectivity index (χ1) is 18.1. The first-order valence-corrected chi connectivity index (χ1v) is 13.7. The second-order valence-corrected chi connectivity index (χ2v) is 9.40. The molecule has 3 rings (SSSR count). The van der Waals surface area contributed by atoms with E-state index in [2.05, 4.69) is 23.8 Å². The molecule has 2 aromatic carbocycles. The second-order valence-electron chi connectivity index (χ2n) is 9.40. The van der Waals surface area contributed by atoms with Crippen LogP contribution in [0.1, 0.15) is 94.0 Å². The molecule has 0 saturated carbocycles. The topological polar surface area (TPSA) is 61.3 Å². The van der Waals surface area contributed by atoms with E-state index in [1.807, 2.05) is 12.4 Å². The third-order valence-electron chi connectivity index (χ3n) is 6.27. The highest BCUT2D eigenvalue weighted by molar-refractivity contribution is 5.91. The number of unbranched alkanes of at least 4 members (excludes halogenated alkanes) is 8. The first kappa shape index (κ1) is 28.3. The number of hydrogen-bond donors (Lipinski definition) is 0. The Labute approximate surface area is 220 Å². The summed E-state index contributed by atoms with van der Waals surface area (Å²) in [5.74, 6) is -0.0938. The van der Waals surface area contributed by atoms with E-state index < -0.39 is 11.8 Å². The molecule has 0 N–H and O–H groups in total. The van der Waals surface area contributed by atoms with E-state index in [0.29, 0.717) is 23.9 Å². The van der Waals surface area contributed by atoms with Crippen LogP contribution in [0.2, 0.25) is 0 Å². The summed E-state index contributed by atoms with van der Waals surface area (Å²) in [5, 5.41) is 0. The fraction of sp³-hybridized carbons (Fsp3) is 0.452. The van der Waals surface area contributed by atoms with Crippen LogP contribution in [0.3, 0.4) is 0 Å². The quantitative estimate of drug-likeness (QED) is 0.111. The summed E-state index contributed by atoms with van der Waals surface area (Å²) in [6.07, 6.45) is 17.0. The van der Waals surface area contributed by atoms with Crippen LogP contribution in [0.4, 0.5) is 4.39 Å². The number of carbonyl (C=O) groups excluding carboxylic acids is 1. The molecule has 0 amide bonds. The molecule has 0 spiro atoms. The van der Waals surface area contributed by atoms with Crippen molar-refractivity contribution in [2.24, 2.45) is 0 Å². The van der Waals surface area contributed by atoms with Crippen molar-refractivity contribution in [1.82, 2.24) is 9.97 Å². The zero-order valence-corrected chi connectivity index (χ0v) is 22.2. The van der Waals surface area contributed by atoms with Gasteiger partial charge in [-0.2, -0.15) is 0 Å². The summed E-state index contributed by atoms with van der Waals surface area (Å²) < 4.78 is 25.2. The van der Waals surface area contributed by atoms with E-state index >= 15 is 0 Å². The maximum atomic E-state index is 14.4. The third kappa shape index (κ3) is 9.60. The molecule has 0 radical (unpaired) electrons. The molecule has 0 unspecified atom stereocenters. The Morgan fingerprint density at radius 1 is 0.784 bits per heavy atom. The molecule has 37 heavy (non-hydrogen) atoms. The first-order valence-electron chi connectivity index (χ1n) is 13.7. The van der Waals surface area contributed by atoms with E-state index in [1.54, 1.807) is 30.3 Å². The number of benzene rings is 2.